The first-order valence-corrected chi connectivity index (χ1v) is 11.4. The number of likely N-dealkylation sites (tertiary alicyclic amines) is 1. The van der Waals surface area contributed by atoms with Crippen LogP contribution in [-0.2, 0) is 11.3 Å². The largest absolute Gasteiger partial charge is 0.496 e. The van der Waals surface area contributed by atoms with Crippen LogP contribution in [0.2, 0.25) is 0 Å². The van der Waals surface area contributed by atoms with Crippen molar-refractivity contribution >= 4 is 11.6 Å². The lowest BCUT2D eigenvalue weighted by Crippen LogP contribution is -2.42. The number of fused-ring (bicyclic) bond motifs is 2. The van der Waals surface area contributed by atoms with Crippen LogP contribution >= 0.6 is 0 Å². The zero-order valence-electron chi connectivity index (χ0n) is 18.9. The molecule has 166 valence electrons. The third kappa shape index (κ3) is 5.21. The normalized spacial score (nSPS) is 22.1. The molecule has 5 heteroatoms. The van der Waals surface area contributed by atoms with Gasteiger partial charge in [0.25, 0.3) is 0 Å². The van der Waals surface area contributed by atoms with Crippen LogP contribution in [0.1, 0.15) is 50.2 Å². The zero-order valence-corrected chi connectivity index (χ0v) is 18.9. The van der Waals surface area contributed by atoms with Crippen molar-refractivity contribution in [2.24, 2.45) is 11.8 Å². The van der Waals surface area contributed by atoms with Gasteiger partial charge in [-0.05, 0) is 60.9 Å². The number of piperidine rings is 1. The minimum absolute atomic E-state index is 0.0980. The molecule has 2 aliphatic heterocycles. The molecule has 2 aromatic carbocycles. The number of anilines is 1. The summed E-state index contributed by atoms with van der Waals surface area (Å²) in [5.74, 6) is 3.07. The Morgan fingerprint density at radius 2 is 2.00 bits per heavy atom. The maximum Gasteiger partial charge on any atom is 0.224 e. The van der Waals surface area contributed by atoms with Crippen molar-refractivity contribution in [1.82, 2.24) is 4.90 Å². The van der Waals surface area contributed by atoms with Gasteiger partial charge < -0.3 is 14.8 Å². The third-order valence-corrected chi connectivity index (χ3v) is 6.70. The summed E-state index contributed by atoms with van der Waals surface area (Å²) < 4.78 is 11.7. The summed E-state index contributed by atoms with van der Waals surface area (Å²) in [6.45, 7) is 7.86. The molecule has 2 aliphatic rings. The summed E-state index contributed by atoms with van der Waals surface area (Å²) >= 11 is 0. The second-order valence-electron chi connectivity index (χ2n) is 9.16. The van der Waals surface area contributed by atoms with E-state index >= 15 is 0 Å². The fourth-order valence-electron chi connectivity index (χ4n) is 4.86. The van der Waals surface area contributed by atoms with Gasteiger partial charge in [0.1, 0.15) is 11.5 Å². The molecule has 1 amide bonds. The predicted octanol–water partition coefficient (Wildman–Crippen LogP) is 5.07. The number of nitrogens with one attached hydrogen (secondary N) is 1. The Morgan fingerprint density at radius 1 is 1.16 bits per heavy atom. The van der Waals surface area contributed by atoms with Crippen LogP contribution in [0.25, 0.3) is 0 Å². The van der Waals surface area contributed by atoms with E-state index in [2.05, 4.69) is 48.3 Å². The Balaban J connectivity index is 1.46. The highest BCUT2D eigenvalue weighted by molar-refractivity contribution is 5.92. The lowest BCUT2D eigenvalue weighted by molar-refractivity contribution is -0.118. The summed E-state index contributed by atoms with van der Waals surface area (Å²) in [4.78, 5) is 15.4. The molecule has 0 unspecified atom stereocenters. The number of hydrogen-bond acceptors (Lipinski definition) is 4. The minimum atomic E-state index is 0.0980. The highest BCUT2D eigenvalue weighted by Gasteiger charge is 2.32. The van der Waals surface area contributed by atoms with E-state index in [-0.39, 0.29) is 5.91 Å². The molecule has 31 heavy (non-hydrogen) atoms. The van der Waals surface area contributed by atoms with Crippen molar-refractivity contribution in [1.29, 1.82) is 0 Å². The van der Waals surface area contributed by atoms with Gasteiger partial charge in [-0.3, -0.25) is 9.69 Å². The second-order valence-corrected chi connectivity index (χ2v) is 9.16. The zero-order chi connectivity index (χ0) is 21.8. The van der Waals surface area contributed by atoms with Crippen LogP contribution in [0.15, 0.2) is 42.5 Å². The Kier molecular flexibility index (Phi) is 6.81. The Bertz CT molecular complexity index is 911. The molecule has 1 fully saturated rings. The molecule has 0 aromatic heterocycles. The Hall–Kier alpha value is -2.53. The smallest absolute Gasteiger partial charge is 0.224 e. The molecule has 0 aliphatic carbocycles. The second kappa shape index (κ2) is 9.73. The molecule has 0 radical (unpaired) electrons. The van der Waals surface area contributed by atoms with E-state index in [1.54, 1.807) is 7.11 Å². The standard InChI is InChI=1S/C26H34N2O3/c1-18(2)19-8-9-25-23(14-19)27-26(29)15-20-10-12-28(16-21(20)11-13-31-25)17-22-6-4-5-7-24(22)30-3/h4-9,14,18,20-21H,10-13,15-17H2,1-3H3,(H,27,29)/t20-,21-/m0/s1. The van der Waals surface area contributed by atoms with Crippen LogP contribution in [-0.4, -0.2) is 37.6 Å². The topological polar surface area (TPSA) is 50.8 Å². The van der Waals surface area contributed by atoms with Crippen LogP contribution in [0.3, 0.4) is 0 Å². The van der Waals surface area contributed by atoms with E-state index in [0.29, 0.717) is 30.8 Å². The number of hydrogen-bond donors (Lipinski definition) is 1. The SMILES string of the molecule is COc1ccccc1CN1CC[C@H]2CC(=O)Nc3cc(C(C)C)ccc3OCC[C@H]2C1. The van der Waals surface area contributed by atoms with Gasteiger partial charge in [-0.25, -0.2) is 0 Å². The summed E-state index contributed by atoms with van der Waals surface area (Å²) in [7, 11) is 1.73. The molecule has 2 aromatic rings. The van der Waals surface area contributed by atoms with E-state index < -0.39 is 0 Å². The van der Waals surface area contributed by atoms with Gasteiger partial charge in [-0.2, -0.15) is 0 Å². The van der Waals surface area contributed by atoms with Gasteiger partial charge in [0.15, 0.2) is 0 Å². The molecule has 0 spiro atoms. The van der Waals surface area contributed by atoms with Crippen molar-refractivity contribution in [3.63, 3.8) is 0 Å². The van der Waals surface area contributed by atoms with Crippen molar-refractivity contribution in [3.05, 3.63) is 53.6 Å². The number of methoxy groups -OCH3 is 1. The minimum Gasteiger partial charge on any atom is -0.496 e. The molecule has 5 nitrogen and oxygen atoms in total. The molecule has 4 rings (SSSR count). The van der Waals surface area contributed by atoms with Crippen molar-refractivity contribution in [2.75, 3.05) is 32.1 Å². The molecule has 1 N–H and O–H groups in total. The van der Waals surface area contributed by atoms with Gasteiger partial charge in [0, 0.05) is 25.1 Å². The number of carbonyl (C=O) groups excluding carboxylic acids is 1. The van der Waals surface area contributed by atoms with Gasteiger partial charge in [-0.1, -0.05) is 38.1 Å². The average Bonchev–Trinajstić information content (AvgIpc) is 2.76. The van der Waals surface area contributed by atoms with E-state index in [1.807, 2.05) is 18.2 Å². The number of carbonyl (C=O) groups is 1. The number of para-hydroxylation sites is 1. The lowest BCUT2D eigenvalue weighted by atomic mass is 9.81. The van der Waals surface area contributed by atoms with Gasteiger partial charge in [-0.15, -0.1) is 0 Å². The average molecular weight is 423 g/mol. The molecular formula is C26H34N2O3. The number of ether oxygens (including phenoxy) is 2. The number of amides is 1. The Morgan fingerprint density at radius 3 is 2.81 bits per heavy atom. The number of benzene rings is 2. The van der Waals surface area contributed by atoms with Crippen molar-refractivity contribution in [2.45, 2.75) is 45.6 Å². The van der Waals surface area contributed by atoms with Gasteiger partial charge >= 0.3 is 0 Å². The van der Waals surface area contributed by atoms with Gasteiger partial charge in [0.2, 0.25) is 5.91 Å². The molecule has 2 atom stereocenters. The highest BCUT2D eigenvalue weighted by Crippen LogP contribution is 2.35. The summed E-state index contributed by atoms with van der Waals surface area (Å²) in [6.07, 6.45) is 2.58. The van der Waals surface area contributed by atoms with E-state index in [9.17, 15) is 4.79 Å². The first-order chi connectivity index (χ1) is 15.0. The van der Waals surface area contributed by atoms with Crippen molar-refractivity contribution in [3.8, 4) is 11.5 Å². The lowest BCUT2D eigenvalue weighted by Gasteiger charge is -2.39. The van der Waals surface area contributed by atoms with Crippen LogP contribution in [0, 0.1) is 11.8 Å². The fraction of sp³-hybridized carbons (Fsp3) is 0.500. The first kappa shape index (κ1) is 21.7. The molecule has 1 saturated heterocycles. The van der Waals surface area contributed by atoms with Crippen LogP contribution in [0.5, 0.6) is 11.5 Å². The fourth-order valence-corrected chi connectivity index (χ4v) is 4.86. The monoisotopic (exact) mass is 422 g/mol. The summed E-state index contributed by atoms with van der Waals surface area (Å²) in [5, 5.41) is 3.13. The van der Waals surface area contributed by atoms with Gasteiger partial charge in [0.05, 0.1) is 19.4 Å². The molecule has 2 heterocycles. The van der Waals surface area contributed by atoms with Crippen molar-refractivity contribution < 1.29 is 14.3 Å². The van der Waals surface area contributed by atoms with Crippen LogP contribution in [0.4, 0.5) is 5.69 Å². The molecule has 0 saturated carbocycles. The predicted molar refractivity (Wildman–Crippen MR) is 124 cm³/mol. The maximum absolute atomic E-state index is 12.9. The highest BCUT2D eigenvalue weighted by atomic mass is 16.5. The van der Waals surface area contributed by atoms with E-state index in [0.717, 1.165) is 49.7 Å². The third-order valence-electron chi connectivity index (χ3n) is 6.70. The number of nitrogens with zero attached hydrogens (tertiary/aromatic N) is 1. The first-order valence-electron chi connectivity index (χ1n) is 11.4. The van der Waals surface area contributed by atoms with Crippen LogP contribution < -0.4 is 14.8 Å². The molecular weight excluding hydrogens is 388 g/mol. The molecule has 0 bridgehead atoms. The number of rotatable bonds is 4. The quantitative estimate of drug-likeness (QED) is 0.748. The summed E-state index contributed by atoms with van der Waals surface area (Å²) in [6, 6.07) is 14.4. The van der Waals surface area contributed by atoms with E-state index in [4.69, 9.17) is 9.47 Å². The maximum atomic E-state index is 12.9. The summed E-state index contributed by atoms with van der Waals surface area (Å²) in [5.41, 5.74) is 3.23. The van der Waals surface area contributed by atoms with E-state index in [1.165, 1.54) is 11.1 Å². The Labute approximate surface area is 185 Å².